The molecule has 3 saturated carbocycles. The lowest BCUT2D eigenvalue weighted by Crippen LogP contribution is -2.37. The second-order valence-corrected chi connectivity index (χ2v) is 14.2. The van der Waals surface area contributed by atoms with Crippen molar-refractivity contribution >= 4 is 7.92 Å². The minimum absolute atomic E-state index is 0.188. The van der Waals surface area contributed by atoms with E-state index in [1.165, 1.54) is 57.8 Å². The van der Waals surface area contributed by atoms with Crippen LogP contribution in [-0.2, 0) is 5.41 Å². The van der Waals surface area contributed by atoms with Crippen LogP contribution < -0.4 is 0 Å². The van der Waals surface area contributed by atoms with Crippen molar-refractivity contribution in [2.24, 2.45) is 11.8 Å². The topological polar surface area (TPSA) is 0 Å². The van der Waals surface area contributed by atoms with E-state index in [0.717, 1.165) is 28.8 Å². The van der Waals surface area contributed by atoms with Crippen LogP contribution >= 0.6 is 7.92 Å². The first-order valence-corrected chi connectivity index (χ1v) is 14.5. The Kier molecular flexibility index (Phi) is 7.43. The number of benzene rings is 1. The maximum atomic E-state index is 2.74. The molecule has 162 valence electrons. The summed E-state index contributed by atoms with van der Waals surface area (Å²) in [5, 5.41) is 0. The largest absolute Gasteiger partial charge is 0.0971 e. The van der Waals surface area contributed by atoms with Crippen LogP contribution in [0, 0.1) is 11.8 Å². The maximum Gasteiger partial charge on any atom is -0.00725 e. The Morgan fingerprint density at radius 3 is 1.83 bits per heavy atom. The van der Waals surface area contributed by atoms with Crippen molar-refractivity contribution in [3.8, 4) is 0 Å². The Hall–Kier alpha value is -0.350. The van der Waals surface area contributed by atoms with Crippen LogP contribution in [0.4, 0.5) is 0 Å². The van der Waals surface area contributed by atoms with Gasteiger partial charge in [-0.15, -0.1) is 0 Å². The lowest BCUT2D eigenvalue weighted by atomic mass is 9.68. The van der Waals surface area contributed by atoms with E-state index in [0.29, 0.717) is 5.41 Å². The second kappa shape index (κ2) is 9.85. The van der Waals surface area contributed by atoms with Crippen molar-refractivity contribution < 1.29 is 0 Å². The second-order valence-electron chi connectivity index (χ2n) is 11.1. The fraction of sp³-hybridized carbons (Fsp3) is 0.786. The van der Waals surface area contributed by atoms with E-state index in [1.807, 2.05) is 0 Å². The molecule has 0 saturated heterocycles. The molecule has 3 aliphatic rings. The molecule has 3 aliphatic carbocycles. The molecular formula is C28H45P. The van der Waals surface area contributed by atoms with Gasteiger partial charge >= 0.3 is 0 Å². The van der Waals surface area contributed by atoms with E-state index in [1.54, 1.807) is 31.2 Å². The van der Waals surface area contributed by atoms with Crippen LogP contribution in [0.5, 0.6) is 0 Å². The Morgan fingerprint density at radius 1 is 0.724 bits per heavy atom. The van der Waals surface area contributed by atoms with Gasteiger partial charge in [-0.3, -0.25) is 0 Å². The zero-order valence-electron chi connectivity index (χ0n) is 19.4. The van der Waals surface area contributed by atoms with Crippen molar-refractivity contribution in [2.75, 3.05) is 0 Å². The Balaban J connectivity index is 1.57. The van der Waals surface area contributed by atoms with E-state index >= 15 is 0 Å². The SMILES string of the molecule is C[C@H](C1CCCC1C(C)(C)c1ccccc1)P(C1CCCCC1)C1CCCCC1. The van der Waals surface area contributed by atoms with E-state index < -0.39 is 0 Å². The van der Waals surface area contributed by atoms with Gasteiger partial charge in [0.1, 0.15) is 0 Å². The quantitative estimate of drug-likeness (QED) is 0.409. The number of hydrogen-bond donors (Lipinski definition) is 0. The maximum absolute atomic E-state index is 2.74. The number of rotatable bonds is 6. The molecule has 4 rings (SSSR count). The highest BCUT2D eigenvalue weighted by molar-refractivity contribution is 7.59. The fourth-order valence-electron chi connectivity index (χ4n) is 7.49. The average Bonchev–Trinajstić information content (AvgIpc) is 3.27. The third kappa shape index (κ3) is 4.79. The molecule has 0 N–H and O–H groups in total. The van der Waals surface area contributed by atoms with Crippen molar-refractivity contribution in [2.45, 2.75) is 127 Å². The summed E-state index contributed by atoms with van der Waals surface area (Å²) in [4.78, 5) is 0. The van der Waals surface area contributed by atoms with Gasteiger partial charge in [0.2, 0.25) is 0 Å². The van der Waals surface area contributed by atoms with Crippen LogP contribution in [-0.4, -0.2) is 17.0 Å². The summed E-state index contributed by atoms with van der Waals surface area (Å²) in [6.07, 6.45) is 19.8. The lowest BCUT2D eigenvalue weighted by molar-refractivity contribution is 0.243. The molecule has 3 fully saturated rings. The van der Waals surface area contributed by atoms with Gasteiger partial charge in [0.05, 0.1) is 0 Å². The van der Waals surface area contributed by atoms with Crippen LogP contribution in [0.2, 0.25) is 0 Å². The van der Waals surface area contributed by atoms with Crippen LogP contribution in [0.3, 0.4) is 0 Å². The predicted octanol–water partition coefficient (Wildman–Crippen LogP) is 8.92. The molecule has 3 atom stereocenters. The van der Waals surface area contributed by atoms with Crippen molar-refractivity contribution in [3.63, 3.8) is 0 Å². The lowest BCUT2D eigenvalue weighted by Gasteiger charge is -2.47. The van der Waals surface area contributed by atoms with Crippen LogP contribution in [0.15, 0.2) is 30.3 Å². The van der Waals surface area contributed by atoms with Gasteiger partial charge in [-0.2, -0.15) is 0 Å². The van der Waals surface area contributed by atoms with E-state index in [-0.39, 0.29) is 7.92 Å². The zero-order chi connectivity index (χ0) is 20.3. The van der Waals surface area contributed by atoms with E-state index in [9.17, 15) is 0 Å². The first-order valence-electron chi connectivity index (χ1n) is 12.9. The minimum atomic E-state index is 0.188. The molecule has 1 aromatic carbocycles. The van der Waals surface area contributed by atoms with Crippen molar-refractivity contribution in [3.05, 3.63) is 35.9 Å². The molecule has 0 spiro atoms. The Morgan fingerprint density at radius 2 is 1.28 bits per heavy atom. The van der Waals surface area contributed by atoms with Gasteiger partial charge in [0, 0.05) is 0 Å². The molecule has 0 amide bonds. The summed E-state index contributed by atoms with van der Waals surface area (Å²) < 4.78 is 0. The summed E-state index contributed by atoms with van der Waals surface area (Å²) in [5.74, 6) is 1.83. The molecule has 0 aliphatic heterocycles. The first kappa shape index (κ1) is 21.9. The molecule has 29 heavy (non-hydrogen) atoms. The van der Waals surface area contributed by atoms with Crippen molar-refractivity contribution in [1.29, 1.82) is 0 Å². The molecule has 0 aromatic heterocycles. The summed E-state index contributed by atoms with van der Waals surface area (Å²) in [6.45, 7) is 7.85. The van der Waals surface area contributed by atoms with Gasteiger partial charge in [0.25, 0.3) is 0 Å². The third-order valence-electron chi connectivity index (χ3n) is 9.10. The van der Waals surface area contributed by atoms with E-state index in [4.69, 9.17) is 0 Å². The first-order chi connectivity index (χ1) is 14.1. The highest BCUT2D eigenvalue weighted by Gasteiger charge is 2.46. The van der Waals surface area contributed by atoms with Gasteiger partial charge in [0.15, 0.2) is 0 Å². The summed E-state index contributed by atoms with van der Waals surface area (Å²) in [6, 6.07) is 11.5. The van der Waals surface area contributed by atoms with Gasteiger partial charge in [-0.05, 0) is 78.3 Å². The van der Waals surface area contributed by atoms with Crippen molar-refractivity contribution in [1.82, 2.24) is 0 Å². The summed E-state index contributed by atoms with van der Waals surface area (Å²) in [7, 11) is 0.188. The standard InChI is InChI=1S/C28H45P/c1-22(29(24-16-9-5-10-17-24)25-18-11-6-12-19-25)26-20-13-21-27(26)28(2,3)23-14-7-4-8-15-23/h4,7-8,14-15,22,24-27H,5-6,9-13,16-21H2,1-3H3/t22-,26?,27?/m1/s1. The Bertz CT molecular complexity index is 590. The molecule has 0 radical (unpaired) electrons. The molecule has 2 unspecified atom stereocenters. The molecule has 0 nitrogen and oxygen atoms in total. The molecular weight excluding hydrogens is 367 g/mol. The highest BCUT2D eigenvalue weighted by Crippen LogP contribution is 2.63. The summed E-state index contributed by atoms with van der Waals surface area (Å²) >= 11 is 0. The highest BCUT2D eigenvalue weighted by atomic mass is 31.1. The molecule has 1 heteroatoms. The van der Waals surface area contributed by atoms with Crippen LogP contribution in [0.25, 0.3) is 0 Å². The normalized spacial score (nSPS) is 28.7. The third-order valence-corrected chi connectivity index (χ3v) is 13.1. The average molecular weight is 413 g/mol. The van der Waals surface area contributed by atoms with Gasteiger partial charge in [-0.1, -0.05) is 104 Å². The van der Waals surface area contributed by atoms with Gasteiger partial charge in [-0.25, -0.2) is 0 Å². The molecule has 0 heterocycles. The van der Waals surface area contributed by atoms with E-state index in [2.05, 4.69) is 51.1 Å². The molecule has 1 aromatic rings. The minimum Gasteiger partial charge on any atom is -0.0971 e. The Labute approximate surface area is 182 Å². The van der Waals surface area contributed by atoms with Gasteiger partial charge < -0.3 is 0 Å². The van der Waals surface area contributed by atoms with Crippen LogP contribution in [0.1, 0.15) is 110 Å². The molecule has 0 bridgehead atoms. The fourth-order valence-corrected chi connectivity index (χ4v) is 12.1. The summed E-state index contributed by atoms with van der Waals surface area (Å²) in [5.41, 5.74) is 5.06. The smallest absolute Gasteiger partial charge is 0.00725 e. The zero-order valence-corrected chi connectivity index (χ0v) is 20.3. The monoisotopic (exact) mass is 412 g/mol. The predicted molar refractivity (Wildman–Crippen MR) is 130 cm³/mol. The number of hydrogen-bond acceptors (Lipinski definition) is 0.